The molecule has 1 aliphatic heterocycles. The second-order valence-electron chi connectivity index (χ2n) is 7.24. The Labute approximate surface area is 146 Å². The van der Waals surface area contributed by atoms with Crippen LogP contribution in [0.2, 0.25) is 0 Å². The average Bonchev–Trinajstić information content (AvgIpc) is 2.55. The molecule has 0 aliphatic carbocycles. The van der Waals surface area contributed by atoms with Gasteiger partial charge in [-0.15, -0.1) is 0 Å². The molecule has 0 bridgehead atoms. The molecule has 3 atom stereocenters. The standard InChI is InChI=1S/C20H32N2O2/c1-5-22(4)19(16-9-7-6-8-10-16)20(23)21-17-11-12-24-18(14-17)13-15(2)3/h6-10,15,17-19H,5,11-14H2,1-4H3,(H,21,23)/t17-,18-,19+/m1/s1. The summed E-state index contributed by atoms with van der Waals surface area (Å²) in [5.74, 6) is 0.716. The van der Waals surface area contributed by atoms with E-state index in [0.29, 0.717) is 5.92 Å². The molecule has 1 heterocycles. The van der Waals surface area contributed by atoms with Crippen molar-refractivity contribution in [3.05, 3.63) is 35.9 Å². The lowest BCUT2D eigenvalue weighted by molar-refractivity contribution is -0.128. The van der Waals surface area contributed by atoms with Crippen molar-refractivity contribution in [2.75, 3.05) is 20.2 Å². The molecular weight excluding hydrogens is 300 g/mol. The minimum absolute atomic E-state index is 0.0979. The van der Waals surface area contributed by atoms with Crippen LogP contribution in [0.5, 0.6) is 0 Å². The fraction of sp³-hybridized carbons (Fsp3) is 0.650. The first-order valence-corrected chi connectivity index (χ1v) is 9.18. The van der Waals surface area contributed by atoms with Gasteiger partial charge in [-0.1, -0.05) is 51.1 Å². The molecule has 134 valence electrons. The predicted molar refractivity (Wildman–Crippen MR) is 97.8 cm³/mol. The maximum atomic E-state index is 12.9. The Morgan fingerprint density at radius 2 is 2.04 bits per heavy atom. The number of carbonyl (C=O) groups is 1. The maximum absolute atomic E-state index is 12.9. The van der Waals surface area contributed by atoms with E-state index in [2.05, 4.69) is 31.0 Å². The fourth-order valence-corrected chi connectivity index (χ4v) is 3.41. The van der Waals surface area contributed by atoms with Crippen molar-refractivity contribution in [2.24, 2.45) is 5.92 Å². The molecule has 4 heteroatoms. The highest BCUT2D eigenvalue weighted by molar-refractivity contribution is 5.83. The van der Waals surface area contributed by atoms with Crippen LogP contribution in [0.3, 0.4) is 0 Å². The van der Waals surface area contributed by atoms with Gasteiger partial charge in [0.2, 0.25) is 5.91 Å². The van der Waals surface area contributed by atoms with Crippen molar-refractivity contribution in [2.45, 2.75) is 58.2 Å². The van der Waals surface area contributed by atoms with Crippen LogP contribution in [0, 0.1) is 5.92 Å². The number of nitrogens with one attached hydrogen (secondary N) is 1. The Balaban J connectivity index is 2.02. The highest BCUT2D eigenvalue weighted by atomic mass is 16.5. The topological polar surface area (TPSA) is 41.6 Å². The number of benzene rings is 1. The van der Waals surface area contributed by atoms with Crippen LogP contribution in [0.4, 0.5) is 0 Å². The molecule has 1 fully saturated rings. The lowest BCUT2D eigenvalue weighted by Gasteiger charge is -2.33. The normalized spacial score (nSPS) is 22.6. The monoisotopic (exact) mass is 332 g/mol. The molecule has 1 aromatic rings. The number of hydrogen-bond donors (Lipinski definition) is 1. The first-order chi connectivity index (χ1) is 11.5. The van der Waals surface area contributed by atoms with E-state index in [9.17, 15) is 4.79 Å². The van der Waals surface area contributed by atoms with E-state index in [-0.39, 0.29) is 24.1 Å². The molecular formula is C20H32N2O2. The average molecular weight is 332 g/mol. The third-order valence-electron chi connectivity index (χ3n) is 4.75. The van der Waals surface area contributed by atoms with E-state index < -0.39 is 0 Å². The number of likely N-dealkylation sites (N-methyl/N-ethyl adjacent to an activating group) is 1. The number of nitrogens with zero attached hydrogens (tertiary/aromatic N) is 1. The molecule has 2 rings (SSSR count). The summed E-state index contributed by atoms with van der Waals surface area (Å²) in [5, 5.41) is 3.28. The third kappa shape index (κ3) is 5.32. The summed E-state index contributed by atoms with van der Waals surface area (Å²) >= 11 is 0. The van der Waals surface area contributed by atoms with Gasteiger partial charge < -0.3 is 10.1 Å². The zero-order valence-electron chi connectivity index (χ0n) is 15.5. The largest absolute Gasteiger partial charge is 0.378 e. The first kappa shape index (κ1) is 18.9. The molecule has 0 saturated carbocycles. The molecule has 0 radical (unpaired) electrons. The van der Waals surface area contributed by atoms with Crippen molar-refractivity contribution < 1.29 is 9.53 Å². The number of carbonyl (C=O) groups excluding carboxylic acids is 1. The highest BCUT2D eigenvalue weighted by Crippen LogP contribution is 2.23. The zero-order valence-corrected chi connectivity index (χ0v) is 15.5. The van der Waals surface area contributed by atoms with E-state index >= 15 is 0 Å². The van der Waals surface area contributed by atoms with Crippen molar-refractivity contribution in [1.29, 1.82) is 0 Å². The number of rotatable bonds is 7. The molecule has 4 nitrogen and oxygen atoms in total. The van der Waals surface area contributed by atoms with E-state index in [1.54, 1.807) is 0 Å². The van der Waals surface area contributed by atoms with Crippen molar-refractivity contribution >= 4 is 5.91 Å². The van der Waals surface area contributed by atoms with Gasteiger partial charge >= 0.3 is 0 Å². The van der Waals surface area contributed by atoms with Gasteiger partial charge in [0.1, 0.15) is 6.04 Å². The van der Waals surface area contributed by atoms with Crippen LogP contribution >= 0.6 is 0 Å². The Kier molecular flexibility index (Phi) is 7.25. The van der Waals surface area contributed by atoms with Gasteiger partial charge in [0.25, 0.3) is 0 Å². The van der Waals surface area contributed by atoms with Gasteiger partial charge in [-0.05, 0) is 44.3 Å². The summed E-state index contributed by atoms with van der Waals surface area (Å²) in [4.78, 5) is 15.0. The zero-order chi connectivity index (χ0) is 17.5. The van der Waals surface area contributed by atoms with Crippen LogP contribution in [-0.4, -0.2) is 43.2 Å². The maximum Gasteiger partial charge on any atom is 0.242 e. The van der Waals surface area contributed by atoms with Crippen molar-refractivity contribution in [3.63, 3.8) is 0 Å². The summed E-state index contributed by atoms with van der Waals surface area (Å²) in [6, 6.07) is 10.0. The van der Waals surface area contributed by atoms with Crippen molar-refractivity contribution in [1.82, 2.24) is 10.2 Å². The van der Waals surface area contributed by atoms with E-state index in [1.807, 2.05) is 37.4 Å². The lowest BCUT2D eigenvalue weighted by atomic mass is 9.95. The quantitative estimate of drug-likeness (QED) is 0.832. The molecule has 1 saturated heterocycles. The minimum atomic E-state index is -0.234. The second kappa shape index (κ2) is 9.19. The summed E-state index contributed by atoms with van der Waals surface area (Å²) in [7, 11) is 2.00. The Hall–Kier alpha value is -1.39. The minimum Gasteiger partial charge on any atom is -0.378 e. The van der Waals surface area contributed by atoms with Crippen LogP contribution in [0.1, 0.15) is 51.6 Å². The molecule has 0 spiro atoms. The van der Waals surface area contributed by atoms with Gasteiger partial charge in [0, 0.05) is 12.6 Å². The first-order valence-electron chi connectivity index (χ1n) is 9.18. The van der Waals surface area contributed by atoms with Crippen LogP contribution in [0.25, 0.3) is 0 Å². The molecule has 1 N–H and O–H groups in total. The Morgan fingerprint density at radius 1 is 1.33 bits per heavy atom. The van der Waals surface area contributed by atoms with Gasteiger partial charge in [0.15, 0.2) is 0 Å². The summed E-state index contributed by atoms with van der Waals surface area (Å²) < 4.78 is 5.85. The number of amides is 1. The molecule has 0 aromatic heterocycles. The van der Waals surface area contributed by atoms with E-state index in [0.717, 1.165) is 38.0 Å². The SMILES string of the molecule is CCN(C)[C@H](C(=O)N[C@@H]1CCO[C@H](CC(C)C)C1)c1ccccc1. The molecule has 1 aromatic carbocycles. The van der Waals surface area contributed by atoms with E-state index in [4.69, 9.17) is 4.74 Å². The smallest absolute Gasteiger partial charge is 0.242 e. The Morgan fingerprint density at radius 3 is 2.67 bits per heavy atom. The molecule has 1 amide bonds. The second-order valence-corrected chi connectivity index (χ2v) is 7.24. The summed E-state index contributed by atoms with van der Waals surface area (Å²) in [5.41, 5.74) is 1.05. The van der Waals surface area contributed by atoms with Crippen LogP contribution in [0.15, 0.2) is 30.3 Å². The van der Waals surface area contributed by atoms with Crippen LogP contribution < -0.4 is 5.32 Å². The summed E-state index contributed by atoms with van der Waals surface area (Å²) in [6.45, 7) is 8.08. The van der Waals surface area contributed by atoms with Gasteiger partial charge in [0.05, 0.1) is 6.10 Å². The predicted octanol–water partition coefficient (Wildman–Crippen LogP) is 3.39. The van der Waals surface area contributed by atoms with Crippen LogP contribution in [-0.2, 0) is 9.53 Å². The molecule has 24 heavy (non-hydrogen) atoms. The summed E-state index contributed by atoms with van der Waals surface area (Å²) in [6.07, 6.45) is 3.14. The Bertz CT molecular complexity index is 504. The van der Waals surface area contributed by atoms with Gasteiger partial charge in [-0.3, -0.25) is 9.69 Å². The number of ether oxygens (including phenoxy) is 1. The fourth-order valence-electron chi connectivity index (χ4n) is 3.41. The molecule has 1 aliphatic rings. The van der Waals surface area contributed by atoms with E-state index in [1.165, 1.54) is 0 Å². The third-order valence-corrected chi connectivity index (χ3v) is 4.75. The van der Waals surface area contributed by atoms with Gasteiger partial charge in [-0.2, -0.15) is 0 Å². The van der Waals surface area contributed by atoms with Crippen molar-refractivity contribution in [3.8, 4) is 0 Å². The van der Waals surface area contributed by atoms with Gasteiger partial charge in [-0.25, -0.2) is 0 Å². The lowest BCUT2D eigenvalue weighted by Crippen LogP contribution is -2.47. The highest BCUT2D eigenvalue weighted by Gasteiger charge is 2.29. The molecule has 0 unspecified atom stereocenters. The number of hydrogen-bond acceptors (Lipinski definition) is 3.